The molecule has 0 spiro atoms. The van der Waals surface area contributed by atoms with Crippen molar-refractivity contribution in [3.63, 3.8) is 0 Å². The minimum Gasteiger partial charge on any atom is -0.462 e. The normalized spacial score (nSPS) is 12.5. The molecule has 6 heteroatoms. The number of esters is 3. The highest BCUT2D eigenvalue weighted by Gasteiger charge is 2.19. The smallest absolute Gasteiger partial charge is 0.306 e. The van der Waals surface area contributed by atoms with Crippen LogP contribution >= 0.6 is 0 Å². The molecule has 0 aromatic carbocycles. The van der Waals surface area contributed by atoms with Gasteiger partial charge in [-0.15, -0.1) is 0 Å². The summed E-state index contributed by atoms with van der Waals surface area (Å²) in [6.45, 7) is 6.36. The third kappa shape index (κ3) is 48.0. The first-order chi connectivity index (χ1) is 30.0. The average molecular weight is 853 g/mol. The fourth-order valence-electron chi connectivity index (χ4n) is 7.25. The van der Waals surface area contributed by atoms with Gasteiger partial charge in [0.25, 0.3) is 0 Å². The Morgan fingerprint density at radius 1 is 0.361 bits per heavy atom. The standard InChI is InChI=1S/C55H96O6/c1-4-7-10-13-16-19-21-23-25-26-27-28-30-31-33-36-39-42-45-48-54(57)60-51-52(50-59-53(56)47-44-41-38-35-18-15-12-9-6-3)61-55(58)49-46-43-40-37-34-32-29-24-22-20-17-14-11-8-5-2/h8-9,11-12,14,17-18,20,22,35,52H,4-7,10,13,15-16,19,21,23-34,36-51H2,1-3H3/b11-8-,12-9-,17-14-,22-20-,35-18-. The van der Waals surface area contributed by atoms with E-state index in [4.69, 9.17) is 14.2 Å². The van der Waals surface area contributed by atoms with Crippen molar-refractivity contribution in [3.05, 3.63) is 60.8 Å². The number of ether oxygens (including phenoxy) is 3. The minimum absolute atomic E-state index is 0.0877. The summed E-state index contributed by atoms with van der Waals surface area (Å²) in [6, 6.07) is 0. The molecule has 0 fully saturated rings. The van der Waals surface area contributed by atoms with Crippen LogP contribution in [0.1, 0.15) is 252 Å². The van der Waals surface area contributed by atoms with Crippen LogP contribution in [0.25, 0.3) is 0 Å². The van der Waals surface area contributed by atoms with Gasteiger partial charge in [0, 0.05) is 19.3 Å². The Balaban J connectivity index is 4.29. The molecule has 0 saturated carbocycles. The third-order valence-electron chi connectivity index (χ3n) is 11.1. The number of unbranched alkanes of at least 4 members (excludes halogenated alkanes) is 27. The molecule has 0 aromatic rings. The molecule has 0 heterocycles. The summed E-state index contributed by atoms with van der Waals surface area (Å²) in [4.78, 5) is 37.9. The number of hydrogen-bond donors (Lipinski definition) is 0. The molecule has 0 aliphatic carbocycles. The summed E-state index contributed by atoms with van der Waals surface area (Å²) in [5.41, 5.74) is 0. The lowest BCUT2D eigenvalue weighted by Crippen LogP contribution is -2.30. The van der Waals surface area contributed by atoms with Gasteiger partial charge < -0.3 is 14.2 Å². The summed E-state index contributed by atoms with van der Waals surface area (Å²) in [5, 5.41) is 0. The van der Waals surface area contributed by atoms with Gasteiger partial charge in [0.2, 0.25) is 0 Å². The summed E-state index contributed by atoms with van der Waals surface area (Å²) in [5.74, 6) is -0.934. The highest BCUT2D eigenvalue weighted by molar-refractivity contribution is 5.71. The lowest BCUT2D eigenvalue weighted by Gasteiger charge is -2.18. The summed E-state index contributed by atoms with van der Waals surface area (Å²) in [7, 11) is 0. The molecule has 352 valence electrons. The molecule has 0 N–H and O–H groups in total. The van der Waals surface area contributed by atoms with Crippen LogP contribution in [-0.2, 0) is 28.6 Å². The summed E-state index contributed by atoms with van der Waals surface area (Å²) < 4.78 is 16.7. The third-order valence-corrected chi connectivity index (χ3v) is 11.1. The molecule has 0 bridgehead atoms. The predicted molar refractivity (Wildman–Crippen MR) is 261 cm³/mol. The minimum atomic E-state index is -0.790. The van der Waals surface area contributed by atoms with E-state index in [1.807, 2.05) is 0 Å². The van der Waals surface area contributed by atoms with Crippen LogP contribution < -0.4 is 0 Å². The fraction of sp³-hybridized carbons (Fsp3) is 0.764. The van der Waals surface area contributed by atoms with Crippen LogP contribution in [0.2, 0.25) is 0 Å². The fourth-order valence-corrected chi connectivity index (χ4v) is 7.25. The lowest BCUT2D eigenvalue weighted by molar-refractivity contribution is -0.167. The molecule has 1 atom stereocenters. The topological polar surface area (TPSA) is 78.9 Å². The monoisotopic (exact) mass is 853 g/mol. The van der Waals surface area contributed by atoms with Gasteiger partial charge in [0.1, 0.15) is 13.2 Å². The molecule has 6 nitrogen and oxygen atoms in total. The molecular weight excluding hydrogens is 757 g/mol. The molecule has 0 aliphatic rings. The Labute approximate surface area is 377 Å². The zero-order valence-corrected chi connectivity index (χ0v) is 40.2. The van der Waals surface area contributed by atoms with E-state index in [9.17, 15) is 14.4 Å². The Kier molecular flexibility index (Phi) is 47.4. The predicted octanol–water partition coefficient (Wildman–Crippen LogP) is 16.9. The quantitative estimate of drug-likeness (QED) is 0.0200. The van der Waals surface area contributed by atoms with Crippen molar-refractivity contribution in [2.24, 2.45) is 0 Å². The van der Waals surface area contributed by atoms with Gasteiger partial charge in [-0.2, -0.15) is 0 Å². The van der Waals surface area contributed by atoms with E-state index in [-0.39, 0.29) is 31.1 Å². The Bertz CT molecular complexity index is 1120. The van der Waals surface area contributed by atoms with E-state index in [1.54, 1.807) is 0 Å². The van der Waals surface area contributed by atoms with Gasteiger partial charge in [-0.05, 0) is 64.2 Å². The Morgan fingerprint density at radius 3 is 1.20 bits per heavy atom. The molecule has 1 unspecified atom stereocenters. The van der Waals surface area contributed by atoms with Gasteiger partial charge in [-0.1, -0.05) is 229 Å². The average Bonchev–Trinajstić information content (AvgIpc) is 3.26. The molecule has 61 heavy (non-hydrogen) atoms. The van der Waals surface area contributed by atoms with E-state index in [0.29, 0.717) is 19.3 Å². The second-order valence-corrected chi connectivity index (χ2v) is 17.1. The largest absolute Gasteiger partial charge is 0.462 e. The molecule has 0 aromatic heterocycles. The lowest BCUT2D eigenvalue weighted by atomic mass is 10.0. The van der Waals surface area contributed by atoms with Crippen LogP contribution in [-0.4, -0.2) is 37.2 Å². The zero-order chi connectivity index (χ0) is 44.4. The van der Waals surface area contributed by atoms with E-state index >= 15 is 0 Å². The van der Waals surface area contributed by atoms with Crippen LogP contribution in [0.4, 0.5) is 0 Å². The van der Waals surface area contributed by atoms with Crippen molar-refractivity contribution in [1.82, 2.24) is 0 Å². The number of rotatable bonds is 46. The number of hydrogen-bond acceptors (Lipinski definition) is 6. The second-order valence-electron chi connectivity index (χ2n) is 17.1. The van der Waals surface area contributed by atoms with Crippen molar-refractivity contribution in [3.8, 4) is 0 Å². The van der Waals surface area contributed by atoms with Crippen molar-refractivity contribution in [1.29, 1.82) is 0 Å². The van der Waals surface area contributed by atoms with Gasteiger partial charge >= 0.3 is 17.9 Å². The molecule has 0 rings (SSSR count). The van der Waals surface area contributed by atoms with Crippen LogP contribution in [0.3, 0.4) is 0 Å². The molecule has 0 saturated heterocycles. The van der Waals surface area contributed by atoms with E-state index in [1.165, 1.54) is 128 Å². The van der Waals surface area contributed by atoms with Crippen LogP contribution in [0.15, 0.2) is 60.8 Å². The summed E-state index contributed by atoms with van der Waals surface area (Å²) >= 11 is 0. The first-order valence-corrected chi connectivity index (χ1v) is 25.8. The maximum atomic E-state index is 12.8. The Hall–Kier alpha value is -2.89. The van der Waals surface area contributed by atoms with Gasteiger partial charge in [-0.25, -0.2) is 0 Å². The first kappa shape index (κ1) is 58.1. The highest BCUT2D eigenvalue weighted by Crippen LogP contribution is 2.16. The van der Waals surface area contributed by atoms with Gasteiger partial charge in [0.05, 0.1) is 0 Å². The van der Waals surface area contributed by atoms with Crippen molar-refractivity contribution in [2.75, 3.05) is 13.2 Å². The maximum absolute atomic E-state index is 12.8. The number of allylic oxidation sites excluding steroid dienone is 10. The zero-order valence-electron chi connectivity index (χ0n) is 40.2. The van der Waals surface area contributed by atoms with Crippen molar-refractivity contribution >= 4 is 17.9 Å². The van der Waals surface area contributed by atoms with Crippen LogP contribution in [0, 0.1) is 0 Å². The maximum Gasteiger partial charge on any atom is 0.306 e. The number of carbonyl (C=O) groups excluding carboxylic acids is 3. The number of carbonyl (C=O) groups is 3. The van der Waals surface area contributed by atoms with E-state index < -0.39 is 6.10 Å². The molecule has 0 radical (unpaired) electrons. The van der Waals surface area contributed by atoms with Gasteiger partial charge in [0.15, 0.2) is 6.10 Å². The first-order valence-electron chi connectivity index (χ1n) is 25.8. The van der Waals surface area contributed by atoms with E-state index in [0.717, 1.165) is 83.5 Å². The summed E-state index contributed by atoms with van der Waals surface area (Å²) in [6.07, 6.45) is 60.8. The SMILES string of the molecule is CC\C=C/C=C\C=C/CCCCCCCCCC(=O)OC(COC(=O)CCCC/C=C\C/C=C\CC)COC(=O)CCCCCCCCCCCCCCCCCCCCC. The molecule has 0 aliphatic heterocycles. The molecule has 0 amide bonds. The van der Waals surface area contributed by atoms with Crippen molar-refractivity contribution in [2.45, 2.75) is 258 Å². The van der Waals surface area contributed by atoms with Crippen LogP contribution in [0.5, 0.6) is 0 Å². The highest BCUT2D eigenvalue weighted by atomic mass is 16.6. The molecular formula is C55H96O6. The van der Waals surface area contributed by atoms with E-state index in [2.05, 4.69) is 81.5 Å². The Morgan fingerprint density at radius 2 is 0.721 bits per heavy atom. The van der Waals surface area contributed by atoms with Crippen molar-refractivity contribution < 1.29 is 28.6 Å². The van der Waals surface area contributed by atoms with Gasteiger partial charge in [-0.3, -0.25) is 14.4 Å². The second kappa shape index (κ2) is 49.8.